The molecule has 0 saturated carbocycles. The molecule has 0 amide bonds. The van der Waals surface area contributed by atoms with Crippen LogP contribution in [-0.4, -0.2) is 47.5 Å². The zero-order chi connectivity index (χ0) is 13.2. The standard InChI is InChI=1S/C11H20N4O2S/c1-12-10(7-9-8-15(2)14-13-9)11-5-3-4-6-18(11,16)17/h8,10-12H,3-7H2,1-2H3. The second-order valence-electron chi connectivity index (χ2n) is 4.88. The summed E-state index contributed by atoms with van der Waals surface area (Å²) in [5.74, 6) is 0.316. The van der Waals surface area contributed by atoms with Gasteiger partial charge in [0, 0.05) is 25.7 Å². The smallest absolute Gasteiger partial charge is 0.154 e. The molecule has 1 fully saturated rings. The number of hydrogen-bond acceptors (Lipinski definition) is 5. The van der Waals surface area contributed by atoms with E-state index < -0.39 is 9.84 Å². The van der Waals surface area contributed by atoms with Crippen molar-refractivity contribution in [1.82, 2.24) is 20.3 Å². The molecule has 0 bridgehead atoms. The van der Waals surface area contributed by atoms with E-state index >= 15 is 0 Å². The van der Waals surface area contributed by atoms with Crippen molar-refractivity contribution in [2.75, 3.05) is 12.8 Å². The van der Waals surface area contributed by atoms with Gasteiger partial charge in [-0.2, -0.15) is 0 Å². The fourth-order valence-corrected chi connectivity index (χ4v) is 4.73. The highest BCUT2D eigenvalue weighted by Gasteiger charge is 2.35. The van der Waals surface area contributed by atoms with Crippen LogP contribution < -0.4 is 5.32 Å². The summed E-state index contributed by atoms with van der Waals surface area (Å²) in [5, 5.41) is 10.7. The van der Waals surface area contributed by atoms with Crippen LogP contribution in [0.15, 0.2) is 6.20 Å². The first-order chi connectivity index (χ1) is 8.53. The molecule has 0 spiro atoms. The predicted octanol–water partition coefficient (Wildman–Crippen LogP) is -0.0871. The molecule has 1 N–H and O–H groups in total. The van der Waals surface area contributed by atoms with Gasteiger partial charge < -0.3 is 5.32 Å². The quantitative estimate of drug-likeness (QED) is 0.829. The number of aryl methyl sites for hydroxylation is 1. The Hall–Kier alpha value is -0.950. The summed E-state index contributed by atoms with van der Waals surface area (Å²) in [6.45, 7) is 0. The lowest BCUT2D eigenvalue weighted by Gasteiger charge is -2.29. The van der Waals surface area contributed by atoms with Gasteiger partial charge in [-0.15, -0.1) is 5.10 Å². The van der Waals surface area contributed by atoms with Gasteiger partial charge in [-0.25, -0.2) is 8.42 Å². The van der Waals surface area contributed by atoms with Crippen molar-refractivity contribution < 1.29 is 8.42 Å². The minimum atomic E-state index is -2.97. The van der Waals surface area contributed by atoms with Gasteiger partial charge in [0.25, 0.3) is 0 Å². The molecule has 1 aliphatic rings. The highest BCUT2D eigenvalue weighted by Crippen LogP contribution is 2.23. The molecule has 2 atom stereocenters. The third kappa shape index (κ3) is 2.89. The van der Waals surface area contributed by atoms with Gasteiger partial charge in [0.05, 0.1) is 16.7 Å². The Bertz CT molecular complexity index is 497. The van der Waals surface area contributed by atoms with Gasteiger partial charge in [0.2, 0.25) is 0 Å². The van der Waals surface area contributed by atoms with E-state index in [2.05, 4.69) is 15.6 Å². The Morgan fingerprint density at radius 3 is 2.89 bits per heavy atom. The third-order valence-corrected chi connectivity index (χ3v) is 5.87. The van der Waals surface area contributed by atoms with Crippen LogP contribution >= 0.6 is 0 Å². The molecule has 1 aromatic heterocycles. The monoisotopic (exact) mass is 272 g/mol. The number of rotatable bonds is 4. The fraction of sp³-hybridized carbons (Fsp3) is 0.818. The van der Waals surface area contributed by atoms with Crippen LogP contribution in [0.4, 0.5) is 0 Å². The first-order valence-electron chi connectivity index (χ1n) is 6.27. The SMILES string of the molecule is CNC(Cc1cn(C)nn1)C1CCCCS1(=O)=O. The number of likely N-dealkylation sites (N-methyl/N-ethyl adjacent to an activating group) is 1. The van der Waals surface area contributed by atoms with E-state index in [4.69, 9.17) is 0 Å². The maximum Gasteiger partial charge on any atom is 0.154 e. The van der Waals surface area contributed by atoms with Crippen LogP contribution in [0.2, 0.25) is 0 Å². The van der Waals surface area contributed by atoms with E-state index in [1.165, 1.54) is 0 Å². The maximum atomic E-state index is 12.1. The summed E-state index contributed by atoms with van der Waals surface area (Å²) in [7, 11) is 0.653. The molecule has 1 aliphatic heterocycles. The highest BCUT2D eigenvalue weighted by molar-refractivity contribution is 7.92. The minimum Gasteiger partial charge on any atom is -0.315 e. The lowest BCUT2D eigenvalue weighted by molar-refractivity contribution is 0.453. The van der Waals surface area contributed by atoms with Gasteiger partial charge in [0.15, 0.2) is 9.84 Å². The molecular weight excluding hydrogens is 252 g/mol. The van der Waals surface area contributed by atoms with Crippen LogP contribution in [0.25, 0.3) is 0 Å². The van der Waals surface area contributed by atoms with E-state index in [1.54, 1.807) is 4.68 Å². The zero-order valence-electron chi connectivity index (χ0n) is 10.8. The van der Waals surface area contributed by atoms with E-state index in [0.717, 1.165) is 25.0 Å². The van der Waals surface area contributed by atoms with E-state index in [1.807, 2.05) is 20.3 Å². The molecule has 6 nitrogen and oxygen atoms in total. The lowest BCUT2D eigenvalue weighted by Crippen LogP contribution is -2.46. The summed E-state index contributed by atoms with van der Waals surface area (Å²) >= 11 is 0. The second kappa shape index (κ2) is 5.36. The largest absolute Gasteiger partial charge is 0.315 e. The molecular formula is C11H20N4O2S. The van der Waals surface area contributed by atoms with E-state index in [9.17, 15) is 8.42 Å². The summed E-state index contributed by atoms with van der Waals surface area (Å²) < 4.78 is 25.8. The molecule has 18 heavy (non-hydrogen) atoms. The van der Waals surface area contributed by atoms with Gasteiger partial charge in [-0.3, -0.25) is 4.68 Å². The molecule has 0 radical (unpaired) electrons. The Morgan fingerprint density at radius 1 is 1.56 bits per heavy atom. The van der Waals surface area contributed by atoms with Crippen molar-refractivity contribution in [1.29, 1.82) is 0 Å². The Morgan fingerprint density at radius 2 is 2.33 bits per heavy atom. The van der Waals surface area contributed by atoms with Crippen LogP contribution in [0.5, 0.6) is 0 Å². The lowest BCUT2D eigenvalue weighted by atomic mass is 10.0. The van der Waals surface area contributed by atoms with E-state index in [0.29, 0.717) is 12.2 Å². The summed E-state index contributed by atoms with van der Waals surface area (Å²) in [6, 6.07) is -0.0769. The van der Waals surface area contributed by atoms with Crippen LogP contribution in [0, 0.1) is 0 Å². The topological polar surface area (TPSA) is 76.9 Å². The maximum absolute atomic E-state index is 12.1. The molecule has 7 heteroatoms. The Balaban J connectivity index is 2.12. The predicted molar refractivity (Wildman–Crippen MR) is 69.0 cm³/mol. The number of nitrogens with one attached hydrogen (secondary N) is 1. The van der Waals surface area contributed by atoms with Crippen molar-refractivity contribution in [3.05, 3.63) is 11.9 Å². The van der Waals surface area contributed by atoms with Gasteiger partial charge >= 0.3 is 0 Å². The van der Waals surface area contributed by atoms with Crippen molar-refractivity contribution in [3.63, 3.8) is 0 Å². The number of nitrogens with zero attached hydrogens (tertiary/aromatic N) is 3. The van der Waals surface area contributed by atoms with Gasteiger partial charge in [-0.1, -0.05) is 11.6 Å². The van der Waals surface area contributed by atoms with Crippen LogP contribution in [-0.2, 0) is 23.3 Å². The minimum absolute atomic E-state index is 0.0769. The molecule has 2 rings (SSSR count). The van der Waals surface area contributed by atoms with Crippen LogP contribution in [0.3, 0.4) is 0 Å². The molecule has 1 saturated heterocycles. The zero-order valence-corrected chi connectivity index (χ0v) is 11.7. The average molecular weight is 272 g/mol. The first kappa shape index (κ1) is 13.5. The van der Waals surface area contributed by atoms with Gasteiger partial charge in [0.1, 0.15) is 0 Å². The van der Waals surface area contributed by atoms with Crippen molar-refractivity contribution in [2.24, 2.45) is 7.05 Å². The molecule has 1 aromatic rings. The average Bonchev–Trinajstić information content (AvgIpc) is 2.72. The fourth-order valence-electron chi connectivity index (χ4n) is 2.56. The highest BCUT2D eigenvalue weighted by atomic mass is 32.2. The van der Waals surface area contributed by atoms with Crippen molar-refractivity contribution >= 4 is 9.84 Å². The first-order valence-corrected chi connectivity index (χ1v) is 7.98. The van der Waals surface area contributed by atoms with Crippen molar-refractivity contribution in [2.45, 2.75) is 37.0 Å². The van der Waals surface area contributed by atoms with Crippen molar-refractivity contribution in [3.8, 4) is 0 Å². The molecule has 0 aromatic carbocycles. The molecule has 0 aliphatic carbocycles. The Labute approximate surface area is 108 Å². The summed E-state index contributed by atoms with van der Waals surface area (Å²) in [4.78, 5) is 0. The van der Waals surface area contributed by atoms with E-state index in [-0.39, 0.29) is 11.3 Å². The molecule has 102 valence electrons. The van der Waals surface area contributed by atoms with Crippen LogP contribution in [0.1, 0.15) is 25.0 Å². The number of hydrogen-bond donors (Lipinski definition) is 1. The number of sulfone groups is 1. The second-order valence-corrected chi connectivity index (χ2v) is 7.22. The normalized spacial score (nSPS) is 24.9. The summed E-state index contributed by atoms with van der Waals surface area (Å²) in [6.07, 6.45) is 4.96. The summed E-state index contributed by atoms with van der Waals surface area (Å²) in [5.41, 5.74) is 0.831. The number of aromatic nitrogens is 3. The molecule has 2 unspecified atom stereocenters. The van der Waals surface area contributed by atoms with Gasteiger partial charge in [-0.05, 0) is 19.9 Å². The molecule has 2 heterocycles. The Kier molecular flexibility index (Phi) is 4.01. The third-order valence-electron chi connectivity index (χ3n) is 3.53.